The molecule has 0 radical (unpaired) electrons. The SMILES string of the molecule is C[C@H]1CCCC[C@H]1Nc1ccc([N+](=O)[O-])cc1[N+](=O)[O-]. The maximum absolute atomic E-state index is 11.1. The zero-order valence-electron chi connectivity index (χ0n) is 11.2. The van der Waals surface area contributed by atoms with E-state index in [1.807, 2.05) is 0 Å². The van der Waals surface area contributed by atoms with Crippen molar-refractivity contribution in [2.24, 2.45) is 5.92 Å². The van der Waals surface area contributed by atoms with Crippen LogP contribution in [0.5, 0.6) is 0 Å². The van der Waals surface area contributed by atoms with E-state index in [4.69, 9.17) is 0 Å². The maximum atomic E-state index is 11.1. The van der Waals surface area contributed by atoms with Gasteiger partial charge in [0.15, 0.2) is 0 Å². The first-order chi connectivity index (χ1) is 9.49. The van der Waals surface area contributed by atoms with Gasteiger partial charge in [-0.05, 0) is 24.8 Å². The maximum Gasteiger partial charge on any atom is 0.299 e. The molecule has 1 N–H and O–H groups in total. The van der Waals surface area contributed by atoms with E-state index in [9.17, 15) is 20.2 Å². The lowest BCUT2D eigenvalue weighted by Crippen LogP contribution is -2.30. The Morgan fingerprint density at radius 3 is 2.45 bits per heavy atom. The standard InChI is InChI=1S/C13H17N3O4/c1-9-4-2-3-5-11(9)14-12-7-6-10(15(17)18)8-13(12)16(19)20/h6-9,11,14H,2-5H2,1H3/t9-,11+/m0/s1. The highest BCUT2D eigenvalue weighted by Gasteiger charge is 2.25. The molecule has 2 rings (SSSR count). The van der Waals surface area contributed by atoms with Crippen LogP contribution in [-0.2, 0) is 0 Å². The number of anilines is 1. The average molecular weight is 279 g/mol. The number of hydrogen-bond donors (Lipinski definition) is 1. The summed E-state index contributed by atoms with van der Waals surface area (Å²) < 4.78 is 0. The van der Waals surface area contributed by atoms with Gasteiger partial charge in [-0.1, -0.05) is 19.8 Å². The number of rotatable bonds is 4. The van der Waals surface area contributed by atoms with E-state index in [2.05, 4.69) is 12.2 Å². The first-order valence-electron chi connectivity index (χ1n) is 6.68. The van der Waals surface area contributed by atoms with Crippen LogP contribution >= 0.6 is 0 Å². The molecule has 0 amide bonds. The Morgan fingerprint density at radius 2 is 1.85 bits per heavy atom. The predicted octanol–water partition coefficient (Wildman–Crippen LogP) is 3.49. The fourth-order valence-electron chi connectivity index (χ4n) is 2.64. The molecule has 1 aliphatic carbocycles. The van der Waals surface area contributed by atoms with Crippen LogP contribution in [0.3, 0.4) is 0 Å². The van der Waals surface area contributed by atoms with Crippen molar-refractivity contribution in [2.75, 3.05) is 5.32 Å². The third-order valence-corrected chi connectivity index (χ3v) is 3.84. The number of non-ortho nitro benzene ring substituents is 1. The largest absolute Gasteiger partial charge is 0.376 e. The first-order valence-corrected chi connectivity index (χ1v) is 6.68. The van der Waals surface area contributed by atoms with Gasteiger partial charge >= 0.3 is 0 Å². The second-order valence-corrected chi connectivity index (χ2v) is 5.23. The molecule has 20 heavy (non-hydrogen) atoms. The van der Waals surface area contributed by atoms with Crippen molar-refractivity contribution >= 4 is 17.1 Å². The Bertz CT molecular complexity index is 532. The summed E-state index contributed by atoms with van der Waals surface area (Å²) in [6, 6.07) is 3.92. The van der Waals surface area contributed by atoms with Crippen LogP contribution < -0.4 is 5.32 Å². The molecule has 0 bridgehead atoms. The van der Waals surface area contributed by atoms with Gasteiger partial charge in [0.2, 0.25) is 0 Å². The van der Waals surface area contributed by atoms with E-state index in [1.54, 1.807) is 0 Å². The number of nitro benzene ring substituents is 2. The van der Waals surface area contributed by atoms with Gasteiger partial charge in [0.25, 0.3) is 11.4 Å². The lowest BCUT2D eigenvalue weighted by Gasteiger charge is -2.30. The second-order valence-electron chi connectivity index (χ2n) is 5.23. The van der Waals surface area contributed by atoms with Crippen molar-refractivity contribution in [3.05, 3.63) is 38.4 Å². The lowest BCUT2D eigenvalue weighted by atomic mass is 9.86. The van der Waals surface area contributed by atoms with Gasteiger partial charge < -0.3 is 5.32 Å². The van der Waals surface area contributed by atoms with E-state index >= 15 is 0 Å². The van der Waals surface area contributed by atoms with Gasteiger partial charge in [-0.15, -0.1) is 0 Å². The molecule has 7 heteroatoms. The molecule has 7 nitrogen and oxygen atoms in total. The molecular weight excluding hydrogens is 262 g/mol. The van der Waals surface area contributed by atoms with Gasteiger partial charge in [0.05, 0.1) is 15.9 Å². The lowest BCUT2D eigenvalue weighted by molar-refractivity contribution is -0.393. The third-order valence-electron chi connectivity index (χ3n) is 3.84. The average Bonchev–Trinajstić information content (AvgIpc) is 2.41. The van der Waals surface area contributed by atoms with Crippen LogP contribution in [0.1, 0.15) is 32.6 Å². The minimum absolute atomic E-state index is 0.184. The van der Waals surface area contributed by atoms with E-state index in [1.165, 1.54) is 18.6 Å². The highest BCUT2D eigenvalue weighted by Crippen LogP contribution is 2.33. The van der Waals surface area contributed by atoms with Gasteiger partial charge in [0, 0.05) is 12.1 Å². The fraction of sp³-hybridized carbons (Fsp3) is 0.538. The van der Waals surface area contributed by atoms with Crippen LogP contribution in [0.15, 0.2) is 18.2 Å². The minimum Gasteiger partial charge on any atom is -0.376 e. The number of hydrogen-bond acceptors (Lipinski definition) is 5. The van der Waals surface area contributed by atoms with Crippen molar-refractivity contribution in [3.63, 3.8) is 0 Å². The van der Waals surface area contributed by atoms with Crippen LogP contribution in [0, 0.1) is 26.1 Å². The topological polar surface area (TPSA) is 98.3 Å². The second kappa shape index (κ2) is 5.85. The molecule has 0 spiro atoms. The summed E-state index contributed by atoms with van der Waals surface area (Å²) in [4.78, 5) is 20.5. The van der Waals surface area contributed by atoms with E-state index in [0.717, 1.165) is 25.3 Å². The van der Waals surface area contributed by atoms with Crippen LogP contribution in [-0.4, -0.2) is 15.9 Å². The highest BCUT2D eigenvalue weighted by atomic mass is 16.6. The monoisotopic (exact) mass is 279 g/mol. The Balaban J connectivity index is 2.26. The summed E-state index contributed by atoms with van der Waals surface area (Å²) in [6.07, 6.45) is 4.35. The summed E-state index contributed by atoms with van der Waals surface area (Å²) in [6.45, 7) is 2.12. The summed E-state index contributed by atoms with van der Waals surface area (Å²) >= 11 is 0. The van der Waals surface area contributed by atoms with Crippen molar-refractivity contribution in [2.45, 2.75) is 38.6 Å². The quantitative estimate of drug-likeness (QED) is 0.671. The third kappa shape index (κ3) is 3.04. The van der Waals surface area contributed by atoms with Crippen LogP contribution in [0.2, 0.25) is 0 Å². The molecule has 1 aromatic carbocycles. The number of nitrogens with one attached hydrogen (secondary N) is 1. The molecule has 2 atom stereocenters. The highest BCUT2D eigenvalue weighted by molar-refractivity contribution is 5.65. The van der Waals surface area contributed by atoms with Crippen molar-refractivity contribution in [3.8, 4) is 0 Å². The fourth-order valence-corrected chi connectivity index (χ4v) is 2.64. The van der Waals surface area contributed by atoms with Crippen molar-refractivity contribution in [1.29, 1.82) is 0 Å². The molecular formula is C13H17N3O4. The molecule has 0 unspecified atom stereocenters. The Hall–Kier alpha value is -2.18. The van der Waals surface area contributed by atoms with Gasteiger partial charge in [0.1, 0.15) is 5.69 Å². The minimum atomic E-state index is -0.625. The molecule has 1 fully saturated rings. The molecule has 0 saturated heterocycles. The number of nitrogens with zero attached hydrogens (tertiary/aromatic N) is 2. The first kappa shape index (κ1) is 14.2. The molecule has 0 aliphatic heterocycles. The summed E-state index contributed by atoms with van der Waals surface area (Å²) in [5.41, 5.74) is -0.143. The number of benzene rings is 1. The van der Waals surface area contributed by atoms with E-state index < -0.39 is 9.85 Å². The van der Waals surface area contributed by atoms with E-state index in [0.29, 0.717) is 11.6 Å². The molecule has 0 aromatic heterocycles. The van der Waals surface area contributed by atoms with E-state index in [-0.39, 0.29) is 17.4 Å². The predicted molar refractivity (Wildman–Crippen MR) is 74.8 cm³/mol. The van der Waals surface area contributed by atoms with Crippen LogP contribution in [0.25, 0.3) is 0 Å². The molecule has 1 saturated carbocycles. The van der Waals surface area contributed by atoms with Gasteiger partial charge in [-0.2, -0.15) is 0 Å². The Morgan fingerprint density at radius 1 is 1.15 bits per heavy atom. The smallest absolute Gasteiger partial charge is 0.299 e. The van der Waals surface area contributed by atoms with Crippen molar-refractivity contribution in [1.82, 2.24) is 0 Å². The zero-order chi connectivity index (χ0) is 14.7. The van der Waals surface area contributed by atoms with Crippen molar-refractivity contribution < 1.29 is 9.85 Å². The van der Waals surface area contributed by atoms with Crippen LogP contribution in [0.4, 0.5) is 17.1 Å². The van der Waals surface area contributed by atoms with Gasteiger partial charge in [-0.25, -0.2) is 0 Å². The number of nitro groups is 2. The Kier molecular flexibility index (Phi) is 4.16. The molecule has 108 valence electrons. The summed E-state index contributed by atoms with van der Waals surface area (Å²) in [7, 11) is 0. The molecule has 1 aromatic rings. The van der Waals surface area contributed by atoms with Gasteiger partial charge in [-0.3, -0.25) is 20.2 Å². The molecule has 1 aliphatic rings. The summed E-state index contributed by atoms with van der Waals surface area (Å²) in [5, 5.41) is 24.9. The normalized spacial score (nSPS) is 22.2. The molecule has 0 heterocycles. The zero-order valence-corrected chi connectivity index (χ0v) is 11.2. The Labute approximate surface area is 116 Å². The summed E-state index contributed by atoms with van der Waals surface area (Å²) in [5.74, 6) is 0.443.